The number of alkyl halides is 1. The molecule has 20 heavy (non-hydrogen) atoms. The molecule has 0 saturated carbocycles. The largest absolute Gasteiger partial charge is 0.494 e. The lowest BCUT2D eigenvalue weighted by Gasteiger charge is -2.11. The Labute approximate surface area is 129 Å². The predicted molar refractivity (Wildman–Crippen MR) is 82.8 cm³/mol. The van der Waals surface area contributed by atoms with E-state index in [0.717, 1.165) is 28.5 Å². The number of carbonyl (C=O) groups excluding carboxylic acids is 1. The minimum atomic E-state index is -0.192. The molecular weight excluding hydrogens is 342 g/mol. The van der Waals surface area contributed by atoms with Crippen LogP contribution < -0.4 is 10.1 Å². The lowest BCUT2D eigenvalue weighted by Crippen LogP contribution is -2.11. The number of nitrogens with one attached hydrogen (secondary N) is 1. The second-order valence-corrected chi connectivity index (χ2v) is 5.35. The molecule has 0 aliphatic heterocycles. The van der Waals surface area contributed by atoms with Gasteiger partial charge in [-0.1, -0.05) is 20.4 Å². The summed E-state index contributed by atoms with van der Waals surface area (Å²) < 4.78 is 9.28. The van der Waals surface area contributed by atoms with Gasteiger partial charge in [-0.25, -0.2) is 0 Å². The number of hydrogen-bond acceptors (Lipinski definition) is 5. The summed E-state index contributed by atoms with van der Waals surface area (Å²) in [6.07, 6.45) is 0. The van der Waals surface area contributed by atoms with E-state index in [0.29, 0.717) is 22.5 Å². The zero-order valence-corrected chi connectivity index (χ0v) is 13.5. The van der Waals surface area contributed by atoms with E-state index in [2.05, 4.69) is 30.8 Å². The van der Waals surface area contributed by atoms with Gasteiger partial charge in [0.2, 0.25) is 0 Å². The molecule has 0 spiro atoms. The molecule has 0 unspecified atom stereocenters. The van der Waals surface area contributed by atoms with Crippen molar-refractivity contribution in [2.45, 2.75) is 19.2 Å². The van der Waals surface area contributed by atoms with Crippen molar-refractivity contribution < 1.29 is 9.53 Å². The molecule has 0 aliphatic carbocycles. The van der Waals surface area contributed by atoms with Gasteiger partial charge in [-0.2, -0.15) is 0 Å². The zero-order valence-electron chi connectivity index (χ0n) is 11.1. The predicted octanol–water partition coefficient (Wildman–Crippen LogP) is 3.39. The fraction of sp³-hybridized carbons (Fsp3) is 0.308. The summed E-state index contributed by atoms with van der Waals surface area (Å²) in [6, 6.07) is 5.56. The van der Waals surface area contributed by atoms with Crippen molar-refractivity contribution >= 4 is 39.1 Å². The molecular formula is C13H14BrN3O2S. The number of benzene rings is 1. The fourth-order valence-corrected chi connectivity index (χ4v) is 2.68. The Morgan fingerprint density at radius 2 is 2.30 bits per heavy atom. The van der Waals surface area contributed by atoms with E-state index >= 15 is 0 Å². The maximum absolute atomic E-state index is 12.1. The summed E-state index contributed by atoms with van der Waals surface area (Å²) in [5, 5.41) is 7.34. The van der Waals surface area contributed by atoms with E-state index < -0.39 is 0 Å². The molecule has 0 fully saturated rings. The first-order chi connectivity index (χ1) is 9.65. The second-order valence-electron chi connectivity index (χ2n) is 4.03. The van der Waals surface area contributed by atoms with Crippen molar-refractivity contribution in [3.63, 3.8) is 0 Å². The molecule has 2 rings (SSSR count). The minimum absolute atomic E-state index is 0.192. The number of hydrogen-bond donors (Lipinski definition) is 1. The van der Waals surface area contributed by atoms with Gasteiger partial charge in [-0.3, -0.25) is 4.79 Å². The molecule has 1 aromatic heterocycles. The summed E-state index contributed by atoms with van der Waals surface area (Å²) in [5.74, 6) is 0.625. The quantitative estimate of drug-likeness (QED) is 0.834. The summed E-state index contributed by atoms with van der Waals surface area (Å²) in [7, 11) is 0. The van der Waals surface area contributed by atoms with Crippen LogP contribution in [0.3, 0.4) is 0 Å². The highest BCUT2D eigenvalue weighted by Gasteiger charge is 2.14. The number of carbonyl (C=O) groups is 1. The van der Waals surface area contributed by atoms with E-state index in [1.165, 1.54) is 0 Å². The van der Waals surface area contributed by atoms with Gasteiger partial charge in [0.15, 0.2) is 0 Å². The Bertz CT molecular complexity index is 615. The maximum Gasteiger partial charge on any atom is 0.269 e. The average Bonchev–Trinajstić information content (AvgIpc) is 2.87. The number of anilines is 1. The Morgan fingerprint density at radius 1 is 1.50 bits per heavy atom. The molecule has 7 heteroatoms. The topological polar surface area (TPSA) is 64.1 Å². The van der Waals surface area contributed by atoms with Crippen molar-refractivity contribution in [1.29, 1.82) is 0 Å². The molecule has 5 nitrogen and oxygen atoms in total. The summed E-state index contributed by atoms with van der Waals surface area (Å²) in [4.78, 5) is 12.6. The fourth-order valence-electron chi connectivity index (χ4n) is 1.69. The first kappa shape index (κ1) is 14.9. The number of halogens is 1. The normalized spacial score (nSPS) is 10.3. The zero-order chi connectivity index (χ0) is 14.5. The molecule has 0 aliphatic rings. The summed E-state index contributed by atoms with van der Waals surface area (Å²) in [6.45, 7) is 4.31. The molecule has 2 aromatic rings. The van der Waals surface area contributed by atoms with Crippen LogP contribution in [0.2, 0.25) is 0 Å². The smallest absolute Gasteiger partial charge is 0.269 e. The number of nitrogens with zero attached hydrogens (tertiary/aromatic N) is 2. The first-order valence-corrected chi connectivity index (χ1v) is 7.97. The van der Waals surface area contributed by atoms with Gasteiger partial charge in [0.25, 0.3) is 5.91 Å². The molecule has 1 aromatic carbocycles. The second kappa shape index (κ2) is 6.81. The van der Waals surface area contributed by atoms with Crippen LogP contribution in [-0.4, -0.2) is 22.1 Å². The number of ether oxygens (including phenoxy) is 1. The molecule has 0 radical (unpaired) electrons. The van der Waals surface area contributed by atoms with E-state index in [9.17, 15) is 4.79 Å². The van der Waals surface area contributed by atoms with Gasteiger partial charge in [0.1, 0.15) is 10.6 Å². The minimum Gasteiger partial charge on any atom is -0.494 e. The Hall–Kier alpha value is -1.47. The van der Waals surface area contributed by atoms with Crippen LogP contribution in [-0.2, 0) is 5.33 Å². The van der Waals surface area contributed by atoms with Crippen molar-refractivity contribution in [1.82, 2.24) is 9.59 Å². The summed E-state index contributed by atoms with van der Waals surface area (Å²) >= 11 is 4.51. The van der Waals surface area contributed by atoms with Gasteiger partial charge >= 0.3 is 0 Å². The molecule has 0 saturated heterocycles. The van der Waals surface area contributed by atoms with Crippen LogP contribution in [0.15, 0.2) is 18.2 Å². The van der Waals surface area contributed by atoms with Gasteiger partial charge in [0, 0.05) is 16.6 Å². The molecule has 0 bridgehead atoms. The number of amides is 1. The third kappa shape index (κ3) is 3.34. The highest BCUT2D eigenvalue weighted by molar-refractivity contribution is 9.08. The average molecular weight is 356 g/mol. The highest BCUT2D eigenvalue weighted by Crippen LogP contribution is 2.25. The third-order valence-corrected chi connectivity index (χ3v) is 4.05. The Kier molecular flexibility index (Phi) is 5.08. The van der Waals surface area contributed by atoms with Gasteiger partial charge in [-0.15, -0.1) is 5.10 Å². The van der Waals surface area contributed by atoms with Crippen LogP contribution in [0.1, 0.15) is 27.9 Å². The molecule has 1 N–H and O–H groups in total. The number of aromatic nitrogens is 2. The first-order valence-electron chi connectivity index (χ1n) is 6.07. The van der Waals surface area contributed by atoms with Gasteiger partial charge in [-0.05, 0) is 43.6 Å². The molecule has 106 valence electrons. The van der Waals surface area contributed by atoms with E-state index in [1.54, 1.807) is 6.92 Å². The monoisotopic (exact) mass is 355 g/mol. The van der Waals surface area contributed by atoms with Crippen LogP contribution in [0, 0.1) is 6.92 Å². The standard InChI is InChI=1S/C13H14BrN3O2S/c1-3-19-11-5-4-10(6-9(11)7-14)15-13(18)12-8(2)16-17-20-12/h4-6H,3,7H2,1-2H3,(H,15,18). The third-order valence-electron chi connectivity index (χ3n) is 2.62. The van der Waals surface area contributed by atoms with Crippen molar-refractivity contribution in [3.05, 3.63) is 34.3 Å². The van der Waals surface area contributed by atoms with E-state index in [-0.39, 0.29) is 5.91 Å². The lowest BCUT2D eigenvalue weighted by molar-refractivity contribution is 0.103. The van der Waals surface area contributed by atoms with Crippen LogP contribution in [0.25, 0.3) is 0 Å². The molecule has 1 heterocycles. The number of rotatable bonds is 5. The maximum atomic E-state index is 12.1. The van der Waals surface area contributed by atoms with Crippen molar-refractivity contribution in [2.75, 3.05) is 11.9 Å². The molecule has 0 atom stereocenters. The van der Waals surface area contributed by atoms with Gasteiger partial charge in [0.05, 0.1) is 12.3 Å². The highest BCUT2D eigenvalue weighted by atomic mass is 79.9. The molecule has 1 amide bonds. The Morgan fingerprint density at radius 3 is 2.90 bits per heavy atom. The van der Waals surface area contributed by atoms with Gasteiger partial charge < -0.3 is 10.1 Å². The SMILES string of the molecule is CCOc1ccc(NC(=O)c2snnc2C)cc1CBr. The van der Waals surface area contributed by atoms with Crippen LogP contribution >= 0.6 is 27.5 Å². The van der Waals surface area contributed by atoms with Crippen molar-refractivity contribution in [3.8, 4) is 5.75 Å². The van der Waals surface area contributed by atoms with E-state index in [4.69, 9.17) is 4.74 Å². The number of aryl methyl sites for hydroxylation is 1. The van der Waals surface area contributed by atoms with Crippen LogP contribution in [0.5, 0.6) is 5.75 Å². The van der Waals surface area contributed by atoms with Crippen LogP contribution in [0.4, 0.5) is 5.69 Å². The van der Waals surface area contributed by atoms with Crippen molar-refractivity contribution in [2.24, 2.45) is 0 Å². The Balaban J connectivity index is 2.18. The lowest BCUT2D eigenvalue weighted by atomic mass is 10.2. The summed E-state index contributed by atoms with van der Waals surface area (Å²) in [5.41, 5.74) is 2.35. The van der Waals surface area contributed by atoms with E-state index in [1.807, 2.05) is 25.1 Å².